The topological polar surface area (TPSA) is 53.5 Å². The number of carbonyl (C=O) groups excluding carboxylic acids is 2. The molecule has 2 amide bonds. The van der Waals surface area contributed by atoms with Crippen molar-refractivity contribution in [2.45, 2.75) is 44.9 Å². The summed E-state index contributed by atoms with van der Waals surface area (Å²) in [5.41, 5.74) is 0.0301. The van der Waals surface area contributed by atoms with E-state index in [-0.39, 0.29) is 18.3 Å². The number of hydrogen-bond acceptors (Lipinski definition) is 3. The molecule has 0 saturated carbocycles. The maximum absolute atomic E-state index is 13.5. The third kappa shape index (κ3) is 4.20. The average molecular weight is 449 g/mol. The van der Waals surface area contributed by atoms with E-state index in [1.165, 1.54) is 17.0 Å². The molecule has 1 aromatic heterocycles. The first-order valence-electron chi connectivity index (χ1n) is 10.6. The van der Waals surface area contributed by atoms with E-state index in [2.05, 4.69) is 4.98 Å². The molecule has 2 aliphatic rings. The minimum atomic E-state index is -4.70. The van der Waals surface area contributed by atoms with Gasteiger partial charge in [0.2, 0.25) is 5.91 Å². The number of benzene rings is 1. The maximum Gasteiger partial charge on any atom is 0.418 e. The summed E-state index contributed by atoms with van der Waals surface area (Å²) >= 11 is 0. The van der Waals surface area contributed by atoms with Crippen LogP contribution in [0.2, 0.25) is 0 Å². The Morgan fingerprint density at radius 1 is 1.12 bits per heavy atom. The van der Waals surface area contributed by atoms with Crippen LogP contribution in [0.3, 0.4) is 0 Å². The predicted octanol–water partition coefficient (Wildman–Crippen LogP) is 4.07. The maximum atomic E-state index is 13.5. The van der Waals surface area contributed by atoms with E-state index in [9.17, 15) is 27.2 Å². The normalized spacial score (nSPS) is 21.3. The Bertz CT molecular complexity index is 1040. The van der Waals surface area contributed by atoms with E-state index in [0.717, 1.165) is 29.5 Å². The molecule has 5 nitrogen and oxygen atoms in total. The van der Waals surface area contributed by atoms with Crippen molar-refractivity contribution in [3.05, 3.63) is 64.7 Å². The predicted molar refractivity (Wildman–Crippen MR) is 108 cm³/mol. The highest BCUT2D eigenvalue weighted by atomic mass is 19.4. The molecule has 2 aromatic rings. The Labute approximate surface area is 183 Å². The van der Waals surface area contributed by atoms with Gasteiger partial charge in [0.1, 0.15) is 11.5 Å². The fourth-order valence-corrected chi connectivity index (χ4v) is 4.64. The highest BCUT2D eigenvalue weighted by Crippen LogP contribution is 2.34. The lowest BCUT2D eigenvalue weighted by molar-refractivity contribution is -0.140. The van der Waals surface area contributed by atoms with Crippen LogP contribution in [0.4, 0.5) is 17.6 Å². The van der Waals surface area contributed by atoms with Gasteiger partial charge in [-0.25, -0.2) is 4.39 Å². The third-order valence-corrected chi connectivity index (χ3v) is 6.37. The summed E-state index contributed by atoms with van der Waals surface area (Å²) in [4.78, 5) is 33.0. The molecule has 0 aliphatic carbocycles. The van der Waals surface area contributed by atoms with Gasteiger partial charge in [0.25, 0.3) is 5.91 Å². The summed E-state index contributed by atoms with van der Waals surface area (Å²) < 4.78 is 53.6. The van der Waals surface area contributed by atoms with Gasteiger partial charge in [-0.05, 0) is 61.6 Å². The number of nitrogens with zero attached hydrogens (tertiary/aromatic N) is 3. The molecule has 0 radical (unpaired) electrons. The Balaban J connectivity index is 1.53. The van der Waals surface area contributed by atoms with Crippen LogP contribution in [0.15, 0.2) is 36.5 Å². The Kier molecular flexibility index (Phi) is 5.92. The van der Waals surface area contributed by atoms with E-state index in [0.29, 0.717) is 32.4 Å². The minimum Gasteiger partial charge on any atom is -0.338 e. The summed E-state index contributed by atoms with van der Waals surface area (Å²) in [7, 11) is 0. The number of pyridine rings is 1. The van der Waals surface area contributed by atoms with Gasteiger partial charge in [-0.15, -0.1) is 0 Å². The smallest absolute Gasteiger partial charge is 0.338 e. The molecule has 4 rings (SSSR count). The molecule has 9 heteroatoms. The van der Waals surface area contributed by atoms with E-state index in [1.54, 1.807) is 17.9 Å². The molecule has 2 atom stereocenters. The second-order valence-corrected chi connectivity index (χ2v) is 8.31. The molecule has 3 heterocycles. The number of halogens is 4. The van der Waals surface area contributed by atoms with Crippen molar-refractivity contribution < 1.29 is 27.2 Å². The van der Waals surface area contributed by atoms with Crippen LogP contribution in [0.1, 0.15) is 46.9 Å². The summed E-state index contributed by atoms with van der Waals surface area (Å²) in [5, 5.41) is 0. The molecule has 0 spiro atoms. The quantitative estimate of drug-likeness (QED) is 0.650. The number of piperidine rings is 1. The van der Waals surface area contributed by atoms with E-state index < -0.39 is 35.3 Å². The Morgan fingerprint density at radius 3 is 2.66 bits per heavy atom. The molecule has 32 heavy (non-hydrogen) atoms. The first kappa shape index (κ1) is 22.2. The van der Waals surface area contributed by atoms with Gasteiger partial charge < -0.3 is 9.80 Å². The van der Waals surface area contributed by atoms with Gasteiger partial charge >= 0.3 is 6.18 Å². The van der Waals surface area contributed by atoms with Gasteiger partial charge in [0.05, 0.1) is 11.5 Å². The number of fused-ring (bicyclic) bond motifs is 1. The highest BCUT2D eigenvalue weighted by Gasteiger charge is 2.42. The molecule has 2 aliphatic heterocycles. The van der Waals surface area contributed by atoms with Gasteiger partial charge in [0.15, 0.2) is 0 Å². The van der Waals surface area contributed by atoms with Crippen molar-refractivity contribution in [1.29, 1.82) is 0 Å². The zero-order chi connectivity index (χ0) is 23.0. The molecular formula is C23H23F4N3O2. The highest BCUT2D eigenvalue weighted by molar-refractivity contribution is 5.94. The van der Waals surface area contributed by atoms with Crippen molar-refractivity contribution in [2.24, 2.45) is 5.92 Å². The summed E-state index contributed by atoms with van der Waals surface area (Å²) in [6, 6.07) is 5.93. The van der Waals surface area contributed by atoms with Gasteiger partial charge in [-0.3, -0.25) is 14.6 Å². The first-order chi connectivity index (χ1) is 15.2. The molecule has 1 fully saturated rings. The molecule has 1 unspecified atom stereocenters. The largest absolute Gasteiger partial charge is 0.418 e. The van der Waals surface area contributed by atoms with E-state index in [1.807, 2.05) is 0 Å². The number of carbonyl (C=O) groups is 2. The van der Waals surface area contributed by atoms with Crippen LogP contribution >= 0.6 is 0 Å². The number of likely N-dealkylation sites (tertiary alicyclic amines) is 1. The number of aromatic nitrogens is 1. The van der Waals surface area contributed by atoms with Crippen LogP contribution in [0.5, 0.6) is 0 Å². The fraction of sp³-hybridized carbons (Fsp3) is 0.435. The van der Waals surface area contributed by atoms with Crippen molar-refractivity contribution in [3.63, 3.8) is 0 Å². The Morgan fingerprint density at radius 2 is 1.91 bits per heavy atom. The number of alkyl halides is 3. The average Bonchev–Trinajstić information content (AvgIpc) is 2.77. The molecule has 1 aromatic carbocycles. The molecular weight excluding hydrogens is 426 g/mol. The zero-order valence-corrected chi connectivity index (χ0v) is 17.5. The molecule has 0 bridgehead atoms. The van der Waals surface area contributed by atoms with Crippen molar-refractivity contribution in [2.75, 3.05) is 13.1 Å². The van der Waals surface area contributed by atoms with Crippen LogP contribution in [-0.2, 0) is 23.9 Å². The number of hydrogen-bond donors (Lipinski definition) is 0. The monoisotopic (exact) mass is 449 g/mol. The SMILES string of the molecule is CC1[C@H](C(=O)N2CCc3cc(F)ccc3C2)CCCN1C(=O)c1ncccc1C(F)(F)F. The van der Waals surface area contributed by atoms with E-state index in [4.69, 9.17) is 0 Å². The minimum absolute atomic E-state index is 0.137. The van der Waals surface area contributed by atoms with Crippen LogP contribution in [0, 0.1) is 11.7 Å². The van der Waals surface area contributed by atoms with Gasteiger partial charge in [0, 0.05) is 31.9 Å². The van der Waals surface area contributed by atoms with Crippen molar-refractivity contribution >= 4 is 11.8 Å². The lowest BCUT2D eigenvalue weighted by Gasteiger charge is -2.41. The fourth-order valence-electron chi connectivity index (χ4n) is 4.64. The summed E-state index contributed by atoms with van der Waals surface area (Å²) in [6.45, 7) is 2.75. The van der Waals surface area contributed by atoms with Crippen LogP contribution in [0.25, 0.3) is 0 Å². The lowest BCUT2D eigenvalue weighted by Crippen LogP contribution is -2.53. The summed E-state index contributed by atoms with van der Waals surface area (Å²) in [6.07, 6.45) is -1.95. The standard InChI is InChI=1S/C23H23F4N3O2/c1-14-18(21(31)29-11-8-15-12-17(24)7-6-16(15)13-29)4-3-10-30(14)22(32)20-19(23(25,26)27)5-2-9-28-20/h2,5-7,9,12,14,18H,3-4,8,10-11,13H2,1H3/t14?,18-/m1/s1. The lowest BCUT2D eigenvalue weighted by atomic mass is 9.87. The first-order valence-corrected chi connectivity index (χ1v) is 10.6. The van der Waals surface area contributed by atoms with Gasteiger partial charge in [-0.2, -0.15) is 13.2 Å². The van der Waals surface area contributed by atoms with E-state index >= 15 is 0 Å². The number of rotatable bonds is 2. The zero-order valence-electron chi connectivity index (χ0n) is 17.5. The molecule has 0 N–H and O–H groups in total. The van der Waals surface area contributed by atoms with Crippen LogP contribution < -0.4 is 0 Å². The van der Waals surface area contributed by atoms with Crippen molar-refractivity contribution in [3.8, 4) is 0 Å². The van der Waals surface area contributed by atoms with Crippen molar-refractivity contribution in [1.82, 2.24) is 14.8 Å². The molecule has 1 saturated heterocycles. The summed E-state index contributed by atoms with van der Waals surface area (Å²) in [5.74, 6) is -1.79. The van der Waals surface area contributed by atoms with Gasteiger partial charge in [-0.1, -0.05) is 6.07 Å². The third-order valence-electron chi connectivity index (χ3n) is 6.37. The Hall–Kier alpha value is -2.97. The molecule has 170 valence electrons. The van der Waals surface area contributed by atoms with Crippen LogP contribution in [-0.4, -0.2) is 45.7 Å². The number of amides is 2. The second kappa shape index (κ2) is 8.52. The second-order valence-electron chi connectivity index (χ2n) is 8.31.